The lowest BCUT2D eigenvalue weighted by atomic mass is 9.79. The van der Waals surface area contributed by atoms with Gasteiger partial charge in [-0.05, 0) is 61.9 Å². The highest BCUT2D eigenvalue weighted by Crippen LogP contribution is 2.52. The Balaban J connectivity index is 1.30. The Hall–Kier alpha value is -4.31. The molecule has 3 heterocycles. The number of carbonyl (C=O) groups is 6. The lowest BCUT2D eigenvalue weighted by Crippen LogP contribution is -2.63. The molecule has 0 aliphatic carbocycles. The molecule has 6 atom stereocenters. The smallest absolute Gasteiger partial charge is 0.413 e. The van der Waals surface area contributed by atoms with Gasteiger partial charge in [0.15, 0.2) is 0 Å². The Bertz CT molecular complexity index is 1740. The third-order valence-electron chi connectivity index (χ3n) is 8.73. The minimum atomic E-state index is -0.990. The van der Waals surface area contributed by atoms with E-state index in [1.807, 2.05) is 0 Å². The van der Waals surface area contributed by atoms with Gasteiger partial charge in [0.1, 0.15) is 11.7 Å². The highest BCUT2D eigenvalue weighted by molar-refractivity contribution is 8.03. The summed E-state index contributed by atoms with van der Waals surface area (Å²) in [5.41, 5.74) is 0.319. The van der Waals surface area contributed by atoms with Crippen molar-refractivity contribution in [3.05, 3.63) is 80.3 Å². The lowest BCUT2D eigenvalue weighted by molar-refractivity contribution is -0.166. The number of hydrogen-bond acceptors (Lipinski definition) is 12. The highest BCUT2D eigenvalue weighted by atomic mass is 35.5. The molecular formula is C34H35Cl2N3O11S. The normalized spacial score (nSPS) is 22.9. The number of aliphatic hydroxyl groups excluding tert-OH is 1. The van der Waals surface area contributed by atoms with Crippen molar-refractivity contribution < 1.29 is 52.8 Å². The van der Waals surface area contributed by atoms with Gasteiger partial charge in [0, 0.05) is 46.8 Å². The molecule has 2 aromatic rings. The van der Waals surface area contributed by atoms with Crippen molar-refractivity contribution in [2.75, 3.05) is 34.2 Å². The van der Waals surface area contributed by atoms with E-state index in [9.17, 15) is 33.9 Å². The molecule has 0 bridgehead atoms. The number of β-lactam (4-membered cyclic amide) rings is 1. The van der Waals surface area contributed by atoms with Crippen LogP contribution in [0.2, 0.25) is 10.0 Å². The minimum Gasteiger partial charge on any atom is -0.424 e. The van der Waals surface area contributed by atoms with Crippen LogP contribution >= 0.6 is 35.0 Å². The summed E-state index contributed by atoms with van der Waals surface area (Å²) in [5, 5.41) is 10.8. The number of esters is 3. The van der Waals surface area contributed by atoms with Crippen LogP contribution in [0.1, 0.15) is 41.0 Å². The van der Waals surface area contributed by atoms with Crippen molar-refractivity contribution in [1.82, 2.24) is 14.7 Å². The first-order chi connectivity index (χ1) is 24.2. The van der Waals surface area contributed by atoms with Crippen LogP contribution in [0.15, 0.2) is 59.1 Å². The maximum absolute atomic E-state index is 13.5. The summed E-state index contributed by atoms with van der Waals surface area (Å²) in [7, 11) is 3.09. The number of halogens is 2. The number of likely N-dealkylation sites (N-methyl/N-ethyl adjacent to an activating group) is 1. The Morgan fingerprint density at radius 1 is 0.882 bits per heavy atom. The molecule has 0 radical (unpaired) electrons. The molecule has 0 aromatic heterocycles. The molecule has 3 unspecified atom stereocenters. The number of amides is 3. The molecule has 0 spiro atoms. The van der Waals surface area contributed by atoms with Crippen molar-refractivity contribution in [3.63, 3.8) is 0 Å². The molecule has 1 N–H and O–H groups in total. The van der Waals surface area contributed by atoms with Crippen molar-refractivity contribution in [2.45, 2.75) is 43.7 Å². The second-order valence-electron chi connectivity index (χ2n) is 12.3. The zero-order valence-electron chi connectivity index (χ0n) is 27.9. The van der Waals surface area contributed by atoms with Gasteiger partial charge in [-0.1, -0.05) is 30.1 Å². The van der Waals surface area contributed by atoms with Crippen LogP contribution in [0.4, 0.5) is 4.79 Å². The van der Waals surface area contributed by atoms with Crippen LogP contribution in [-0.2, 0) is 33.3 Å². The van der Waals surface area contributed by atoms with Crippen LogP contribution in [-0.4, -0.2) is 113 Å². The van der Waals surface area contributed by atoms with E-state index in [0.717, 1.165) is 0 Å². The highest BCUT2D eigenvalue weighted by Gasteiger charge is 2.60. The number of hydrogen-bond donors (Lipinski definition) is 1. The summed E-state index contributed by atoms with van der Waals surface area (Å²) in [6, 6.07) is 10.3. The summed E-state index contributed by atoms with van der Waals surface area (Å²) < 4.78 is 20.7. The zero-order chi connectivity index (χ0) is 37.1. The second kappa shape index (κ2) is 15.9. The zero-order valence-corrected chi connectivity index (χ0v) is 30.3. The van der Waals surface area contributed by atoms with E-state index in [2.05, 4.69) is 0 Å². The Morgan fingerprint density at radius 2 is 1.39 bits per heavy atom. The molecular weight excluding hydrogens is 729 g/mol. The van der Waals surface area contributed by atoms with Crippen molar-refractivity contribution in [1.29, 1.82) is 0 Å². The van der Waals surface area contributed by atoms with Gasteiger partial charge in [-0.15, -0.1) is 11.8 Å². The van der Waals surface area contributed by atoms with Crippen LogP contribution in [0, 0.1) is 11.8 Å². The Labute approximate surface area is 307 Å². The fourth-order valence-corrected chi connectivity index (χ4v) is 8.00. The first kappa shape index (κ1) is 37.9. The van der Waals surface area contributed by atoms with Gasteiger partial charge in [-0.25, -0.2) is 19.2 Å². The number of benzene rings is 2. The lowest BCUT2D eigenvalue weighted by Gasteiger charge is -2.46. The Morgan fingerprint density at radius 3 is 1.90 bits per heavy atom. The topological polar surface area (TPSA) is 169 Å². The number of rotatable bonds is 11. The van der Waals surface area contributed by atoms with Gasteiger partial charge in [0.25, 0.3) is 0 Å². The average Bonchev–Trinajstić information content (AvgIpc) is 3.61. The summed E-state index contributed by atoms with van der Waals surface area (Å²) in [4.78, 5) is 82.2. The molecule has 2 fully saturated rings. The van der Waals surface area contributed by atoms with Crippen LogP contribution in [0.3, 0.4) is 0 Å². The van der Waals surface area contributed by atoms with Crippen LogP contribution < -0.4 is 0 Å². The summed E-state index contributed by atoms with van der Waals surface area (Å²) in [6.45, 7) is 1.86. The largest absolute Gasteiger partial charge is 0.424 e. The monoisotopic (exact) mass is 763 g/mol. The fourth-order valence-electron chi connectivity index (χ4n) is 6.23. The van der Waals surface area contributed by atoms with E-state index >= 15 is 0 Å². The number of aliphatic hydroxyl groups is 1. The van der Waals surface area contributed by atoms with Crippen LogP contribution in [0.25, 0.3) is 0 Å². The second-order valence-corrected chi connectivity index (χ2v) is 14.5. The fraction of sp³-hybridized carbons (Fsp3) is 0.412. The molecule has 3 amide bonds. The van der Waals surface area contributed by atoms with Crippen molar-refractivity contribution in [2.24, 2.45) is 11.8 Å². The van der Waals surface area contributed by atoms with Crippen LogP contribution in [0.5, 0.6) is 0 Å². The third-order valence-corrected chi connectivity index (χ3v) is 10.7. The third kappa shape index (κ3) is 8.11. The molecule has 2 aromatic carbocycles. The van der Waals surface area contributed by atoms with E-state index in [4.69, 9.17) is 42.1 Å². The van der Waals surface area contributed by atoms with E-state index in [-0.39, 0.29) is 35.7 Å². The molecule has 14 nitrogen and oxygen atoms in total. The number of thioether (sulfide) groups is 1. The summed E-state index contributed by atoms with van der Waals surface area (Å²) in [5.74, 6) is -4.47. The molecule has 3 aliphatic rings. The molecule has 3 aliphatic heterocycles. The predicted molar refractivity (Wildman–Crippen MR) is 183 cm³/mol. The average molecular weight is 765 g/mol. The number of likely N-dealkylation sites (tertiary alicyclic amines) is 1. The molecule has 2 saturated heterocycles. The van der Waals surface area contributed by atoms with E-state index in [1.165, 1.54) is 81.9 Å². The standard InChI is InChI=1S/C34H35Cl2N3O11S/c1-17-26-25(18(2)40)30(42)39(26)27(33(45)49-15-47-31(43)19-5-9-21(35)10-6-19)28(17)51-23-13-24(29(41)37(3)4)38(14-23)34(46)50-16-48-32(44)20-7-11-22(36)12-8-20/h5-12,17-18,23-26,40H,13-16H2,1-4H3/t17?,18-,23+,24+,25?,26?/m1/s1. The van der Waals surface area contributed by atoms with E-state index in [0.29, 0.717) is 15.0 Å². The van der Waals surface area contributed by atoms with Gasteiger partial charge in [0.05, 0.1) is 29.2 Å². The number of fused-ring (bicyclic) bond motifs is 1. The SMILES string of the molecule is CC1C(S[C@H]2C[C@@H](C(=O)N(C)C)N(C(=O)OCOC(=O)c3ccc(Cl)cc3)C2)=C(C(=O)OCOC(=O)c2ccc(Cl)cc2)N2C(=O)C([C@@H](C)O)C12. The molecule has 0 saturated carbocycles. The molecule has 17 heteroatoms. The van der Waals surface area contributed by atoms with Gasteiger partial charge < -0.3 is 33.9 Å². The maximum Gasteiger partial charge on any atom is 0.413 e. The van der Waals surface area contributed by atoms with E-state index < -0.39 is 78.8 Å². The van der Waals surface area contributed by atoms with Gasteiger partial charge in [-0.3, -0.25) is 14.5 Å². The van der Waals surface area contributed by atoms with Gasteiger partial charge in [0.2, 0.25) is 25.4 Å². The number of ether oxygens (including phenoxy) is 4. The summed E-state index contributed by atoms with van der Waals surface area (Å²) >= 11 is 12.9. The molecule has 272 valence electrons. The first-order valence-electron chi connectivity index (χ1n) is 15.8. The quantitative estimate of drug-likeness (QED) is 0.199. The number of nitrogens with zero attached hydrogens (tertiary/aromatic N) is 3. The Kier molecular flexibility index (Phi) is 11.8. The minimum absolute atomic E-state index is 0.00851. The van der Waals surface area contributed by atoms with Crippen molar-refractivity contribution >= 4 is 70.8 Å². The first-order valence-corrected chi connectivity index (χ1v) is 17.4. The molecule has 5 rings (SSSR count). The van der Waals surface area contributed by atoms with Gasteiger partial charge in [-0.2, -0.15) is 0 Å². The number of carbonyl (C=O) groups excluding carboxylic acids is 6. The van der Waals surface area contributed by atoms with Crippen molar-refractivity contribution in [3.8, 4) is 0 Å². The van der Waals surface area contributed by atoms with Gasteiger partial charge >= 0.3 is 24.0 Å². The molecule has 51 heavy (non-hydrogen) atoms. The predicted octanol–water partition coefficient (Wildman–Crippen LogP) is 3.94. The maximum atomic E-state index is 13.5. The summed E-state index contributed by atoms with van der Waals surface area (Å²) in [6.07, 6.45) is -1.72. The van der Waals surface area contributed by atoms with E-state index in [1.54, 1.807) is 21.0 Å².